The highest BCUT2D eigenvalue weighted by atomic mass is 32.1. The molecule has 1 heterocycles. The van der Waals surface area contributed by atoms with Crippen LogP contribution in [0.2, 0.25) is 0 Å². The van der Waals surface area contributed by atoms with Crippen LogP contribution in [0.15, 0.2) is 35.6 Å². The smallest absolute Gasteiger partial charge is 0.184 e. The lowest BCUT2D eigenvalue weighted by Crippen LogP contribution is -2.24. The molecule has 0 saturated carbocycles. The van der Waals surface area contributed by atoms with Gasteiger partial charge in [-0.25, -0.2) is 0 Å². The van der Waals surface area contributed by atoms with Crippen molar-refractivity contribution < 1.29 is 5.11 Å². The van der Waals surface area contributed by atoms with E-state index in [1.807, 2.05) is 6.07 Å². The maximum absolute atomic E-state index is 9.68. The highest BCUT2D eigenvalue weighted by Gasteiger charge is 2.02. The lowest BCUT2D eigenvalue weighted by atomic mass is 10.1. The van der Waals surface area contributed by atoms with Gasteiger partial charge in [-0.2, -0.15) is 5.10 Å². The molecule has 17 heavy (non-hydrogen) atoms. The Morgan fingerprint density at radius 1 is 1.41 bits per heavy atom. The highest BCUT2D eigenvalue weighted by molar-refractivity contribution is 7.80. The topological polar surface area (TPSA) is 83.5 Å². The summed E-state index contributed by atoms with van der Waals surface area (Å²) < 4.78 is 0. The van der Waals surface area contributed by atoms with Crippen LogP contribution >= 0.6 is 12.2 Å². The molecule has 0 unspecified atom stereocenters. The number of nitrogens with two attached hydrogens (primary N) is 1. The van der Waals surface area contributed by atoms with Gasteiger partial charge in [-0.05, 0) is 24.4 Å². The number of rotatable bonds is 2. The van der Waals surface area contributed by atoms with Crippen LogP contribution in [-0.2, 0) is 0 Å². The van der Waals surface area contributed by atoms with E-state index in [0.717, 1.165) is 10.8 Å². The molecule has 0 bridgehead atoms. The van der Waals surface area contributed by atoms with Crippen LogP contribution in [0.25, 0.3) is 10.8 Å². The van der Waals surface area contributed by atoms with E-state index in [1.54, 1.807) is 24.4 Å². The number of nitrogens with one attached hydrogen (secondary N) is 1. The minimum atomic E-state index is 0.0873. The Morgan fingerprint density at radius 3 is 3.00 bits per heavy atom. The van der Waals surface area contributed by atoms with Crippen LogP contribution in [0.1, 0.15) is 5.69 Å². The van der Waals surface area contributed by atoms with Gasteiger partial charge in [0.2, 0.25) is 0 Å². The van der Waals surface area contributed by atoms with Crippen LogP contribution in [0.5, 0.6) is 5.75 Å². The largest absolute Gasteiger partial charge is 0.507 e. The van der Waals surface area contributed by atoms with Gasteiger partial charge >= 0.3 is 0 Å². The Kier molecular flexibility index (Phi) is 3.15. The summed E-state index contributed by atoms with van der Waals surface area (Å²) in [5, 5.41) is 15.1. The predicted molar refractivity (Wildman–Crippen MR) is 70.9 cm³/mol. The third kappa shape index (κ3) is 2.48. The first-order valence-corrected chi connectivity index (χ1v) is 5.24. The molecule has 5 nitrogen and oxygen atoms in total. The summed E-state index contributed by atoms with van der Waals surface area (Å²) in [6.45, 7) is 0. The number of fused-ring (bicyclic) bond motifs is 1. The van der Waals surface area contributed by atoms with Crippen LogP contribution in [0.3, 0.4) is 0 Å². The number of thiocarbonyl (C=S) groups is 1. The number of hydrazone groups is 1. The summed E-state index contributed by atoms with van der Waals surface area (Å²) in [5.41, 5.74) is 8.32. The molecule has 86 valence electrons. The molecule has 1 aromatic heterocycles. The van der Waals surface area contributed by atoms with Crippen molar-refractivity contribution >= 4 is 34.3 Å². The lowest BCUT2D eigenvalue weighted by molar-refractivity contribution is 0.481. The van der Waals surface area contributed by atoms with Crippen LogP contribution in [0, 0.1) is 0 Å². The van der Waals surface area contributed by atoms with Crippen LogP contribution in [0.4, 0.5) is 0 Å². The zero-order chi connectivity index (χ0) is 12.3. The third-order valence-corrected chi connectivity index (χ3v) is 2.27. The predicted octanol–water partition coefficient (Wildman–Crippen LogP) is 1.11. The van der Waals surface area contributed by atoms with Crippen LogP contribution in [-0.4, -0.2) is 21.4 Å². The number of nitrogens with zero attached hydrogens (tertiary/aromatic N) is 2. The van der Waals surface area contributed by atoms with Crippen molar-refractivity contribution in [2.24, 2.45) is 10.8 Å². The minimum Gasteiger partial charge on any atom is -0.507 e. The second-order valence-electron chi connectivity index (χ2n) is 3.30. The zero-order valence-electron chi connectivity index (χ0n) is 8.79. The molecule has 6 heteroatoms. The second kappa shape index (κ2) is 4.75. The normalized spacial score (nSPS) is 10.8. The first-order chi connectivity index (χ1) is 8.18. The first kappa shape index (κ1) is 11.3. The van der Waals surface area contributed by atoms with E-state index in [1.165, 1.54) is 6.21 Å². The molecule has 0 aliphatic heterocycles. The van der Waals surface area contributed by atoms with Gasteiger partial charge in [0.15, 0.2) is 5.11 Å². The summed E-state index contributed by atoms with van der Waals surface area (Å²) in [6.07, 6.45) is 3.10. The number of benzene rings is 1. The monoisotopic (exact) mass is 246 g/mol. The summed E-state index contributed by atoms with van der Waals surface area (Å²) in [4.78, 5) is 4.16. The maximum Gasteiger partial charge on any atom is 0.184 e. The number of phenolic OH excluding ortho intramolecular Hbond substituents is 1. The van der Waals surface area contributed by atoms with Gasteiger partial charge in [0.1, 0.15) is 5.75 Å². The molecule has 0 atom stereocenters. The molecule has 2 rings (SSSR count). The molecular weight excluding hydrogens is 236 g/mol. The Bertz CT molecular complexity index is 597. The van der Waals surface area contributed by atoms with Crippen molar-refractivity contribution in [1.29, 1.82) is 0 Å². The van der Waals surface area contributed by atoms with Crippen molar-refractivity contribution in [3.05, 3.63) is 36.2 Å². The van der Waals surface area contributed by atoms with Gasteiger partial charge in [0, 0.05) is 17.0 Å². The maximum atomic E-state index is 9.68. The van der Waals surface area contributed by atoms with Crippen molar-refractivity contribution in [2.75, 3.05) is 0 Å². The molecule has 4 N–H and O–H groups in total. The minimum absolute atomic E-state index is 0.0873. The van der Waals surface area contributed by atoms with E-state index in [4.69, 9.17) is 5.73 Å². The van der Waals surface area contributed by atoms with Gasteiger partial charge in [-0.15, -0.1) is 0 Å². The SMILES string of the molecule is NC(=S)N/N=C/c1nccc2c(O)cccc12. The molecule has 1 aromatic carbocycles. The standard InChI is InChI=1S/C11H10N4OS/c12-11(17)15-14-6-9-7-2-1-3-10(16)8(7)4-5-13-9/h1-6,16H,(H3,12,15,17)/b14-6+. The third-order valence-electron chi connectivity index (χ3n) is 2.18. The average molecular weight is 246 g/mol. The first-order valence-electron chi connectivity index (χ1n) is 4.83. The fourth-order valence-electron chi connectivity index (χ4n) is 1.47. The van der Waals surface area contributed by atoms with E-state index < -0.39 is 0 Å². The summed E-state index contributed by atoms with van der Waals surface area (Å²) in [7, 11) is 0. The van der Waals surface area contributed by atoms with E-state index in [0.29, 0.717) is 5.69 Å². The van der Waals surface area contributed by atoms with E-state index in [9.17, 15) is 5.11 Å². The number of aromatic nitrogens is 1. The number of aromatic hydroxyl groups is 1. The number of hydrogen-bond donors (Lipinski definition) is 3. The Hall–Kier alpha value is -2.21. The fourth-order valence-corrected chi connectivity index (χ4v) is 1.53. The highest BCUT2D eigenvalue weighted by Crippen LogP contribution is 2.24. The Labute approximate surface area is 103 Å². The molecule has 0 aliphatic rings. The number of hydrogen-bond acceptors (Lipinski definition) is 4. The molecular formula is C11H10N4OS. The fraction of sp³-hybridized carbons (Fsp3) is 0. The van der Waals surface area contributed by atoms with Crippen molar-refractivity contribution in [3.63, 3.8) is 0 Å². The van der Waals surface area contributed by atoms with Crippen molar-refractivity contribution in [3.8, 4) is 5.75 Å². The molecule has 0 saturated heterocycles. The Balaban J connectivity index is 2.44. The number of pyridine rings is 1. The van der Waals surface area contributed by atoms with Gasteiger partial charge < -0.3 is 10.8 Å². The molecule has 2 aromatic rings. The van der Waals surface area contributed by atoms with Gasteiger partial charge in [0.05, 0.1) is 11.9 Å². The lowest BCUT2D eigenvalue weighted by Gasteiger charge is -2.02. The van der Waals surface area contributed by atoms with Gasteiger partial charge in [0.25, 0.3) is 0 Å². The van der Waals surface area contributed by atoms with Gasteiger partial charge in [-0.3, -0.25) is 10.4 Å². The molecule has 0 aliphatic carbocycles. The second-order valence-corrected chi connectivity index (χ2v) is 3.74. The van der Waals surface area contributed by atoms with E-state index in [2.05, 4.69) is 27.7 Å². The molecule has 0 radical (unpaired) electrons. The summed E-state index contributed by atoms with van der Waals surface area (Å²) in [6, 6.07) is 6.96. The van der Waals surface area contributed by atoms with E-state index >= 15 is 0 Å². The molecule has 0 fully saturated rings. The Morgan fingerprint density at radius 2 is 2.24 bits per heavy atom. The van der Waals surface area contributed by atoms with Gasteiger partial charge in [-0.1, -0.05) is 12.1 Å². The van der Waals surface area contributed by atoms with Crippen molar-refractivity contribution in [2.45, 2.75) is 0 Å². The molecule has 0 spiro atoms. The summed E-state index contributed by atoms with van der Waals surface area (Å²) in [5.74, 6) is 0.210. The summed E-state index contributed by atoms with van der Waals surface area (Å²) >= 11 is 4.62. The van der Waals surface area contributed by atoms with Crippen LogP contribution < -0.4 is 11.2 Å². The zero-order valence-corrected chi connectivity index (χ0v) is 9.61. The molecule has 0 amide bonds. The quantitative estimate of drug-likeness (QED) is 0.420. The van der Waals surface area contributed by atoms with Crippen molar-refractivity contribution in [1.82, 2.24) is 10.4 Å². The van der Waals surface area contributed by atoms with E-state index in [-0.39, 0.29) is 10.9 Å². The average Bonchev–Trinajstić information content (AvgIpc) is 2.30. The number of phenols is 1.